The third-order valence-electron chi connectivity index (χ3n) is 2.51. The van der Waals surface area contributed by atoms with Gasteiger partial charge in [0.15, 0.2) is 11.6 Å². The van der Waals surface area contributed by atoms with E-state index in [1.54, 1.807) is 18.5 Å². The van der Waals surface area contributed by atoms with E-state index in [1.165, 1.54) is 0 Å². The van der Waals surface area contributed by atoms with Crippen LogP contribution in [0.15, 0.2) is 18.5 Å². The highest BCUT2D eigenvalue weighted by molar-refractivity contribution is 7.71. The quantitative estimate of drug-likeness (QED) is 0.827. The lowest BCUT2D eigenvalue weighted by molar-refractivity contribution is 0.823. The molecule has 0 saturated carbocycles. The second kappa shape index (κ2) is 4.71. The Kier molecular flexibility index (Phi) is 3.28. The Hall–Kier alpha value is -1.62. The number of H-pyrrole nitrogens is 1. The monoisotopic (exact) mass is 246 g/mol. The smallest absolute Gasteiger partial charge is 0.195 e. The highest BCUT2D eigenvalue weighted by Gasteiger charge is 2.11. The first kappa shape index (κ1) is 11.9. The molecule has 0 aromatic carbocycles. The number of hydrogen-bond acceptors (Lipinski definition) is 4. The van der Waals surface area contributed by atoms with E-state index >= 15 is 0 Å². The van der Waals surface area contributed by atoms with E-state index in [9.17, 15) is 0 Å². The van der Waals surface area contributed by atoms with E-state index < -0.39 is 0 Å². The Labute approximate surface area is 105 Å². The van der Waals surface area contributed by atoms with Crippen LogP contribution in [-0.4, -0.2) is 19.9 Å². The molecule has 4 nitrogen and oxygen atoms in total. The lowest BCUT2D eigenvalue weighted by Crippen LogP contribution is -2.03. The van der Waals surface area contributed by atoms with E-state index in [-0.39, 0.29) is 0 Å². The topological polar surface area (TPSA) is 54.5 Å². The molecule has 2 rings (SSSR count). The van der Waals surface area contributed by atoms with Crippen LogP contribution in [0.1, 0.15) is 31.0 Å². The molecule has 1 N–H and O–H groups in total. The second-order valence-electron chi connectivity index (χ2n) is 4.16. The van der Waals surface area contributed by atoms with Gasteiger partial charge in [-0.15, -0.1) is 0 Å². The van der Waals surface area contributed by atoms with Gasteiger partial charge >= 0.3 is 0 Å². The van der Waals surface area contributed by atoms with Gasteiger partial charge in [-0.25, -0.2) is 15.0 Å². The SMILES string of the molecule is Cc1[nH]c(-c2ncccn2)nc(=S)c1C(C)C. The average molecular weight is 246 g/mol. The summed E-state index contributed by atoms with van der Waals surface area (Å²) in [4.78, 5) is 15.9. The summed E-state index contributed by atoms with van der Waals surface area (Å²) in [5.74, 6) is 1.55. The van der Waals surface area contributed by atoms with E-state index in [4.69, 9.17) is 12.2 Å². The highest BCUT2D eigenvalue weighted by Crippen LogP contribution is 2.20. The second-order valence-corrected chi connectivity index (χ2v) is 4.54. The minimum absolute atomic E-state index is 0.358. The molecule has 5 heteroatoms. The summed E-state index contributed by atoms with van der Waals surface area (Å²) in [6, 6.07) is 1.77. The van der Waals surface area contributed by atoms with Gasteiger partial charge in [-0.1, -0.05) is 26.1 Å². The van der Waals surface area contributed by atoms with Crippen molar-refractivity contribution in [1.82, 2.24) is 19.9 Å². The minimum Gasteiger partial charge on any atom is -0.340 e. The number of nitrogens with one attached hydrogen (secondary N) is 1. The summed E-state index contributed by atoms with van der Waals surface area (Å²) in [7, 11) is 0. The Morgan fingerprint density at radius 1 is 1.24 bits per heavy atom. The van der Waals surface area contributed by atoms with Gasteiger partial charge in [0.2, 0.25) is 0 Å². The average Bonchev–Trinajstić information content (AvgIpc) is 2.28. The van der Waals surface area contributed by atoms with Gasteiger partial charge in [-0.05, 0) is 18.9 Å². The zero-order valence-corrected chi connectivity index (χ0v) is 10.9. The van der Waals surface area contributed by atoms with Crippen molar-refractivity contribution >= 4 is 12.2 Å². The molecule has 0 radical (unpaired) electrons. The van der Waals surface area contributed by atoms with Gasteiger partial charge in [-0.2, -0.15) is 0 Å². The fourth-order valence-corrected chi connectivity index (χ4v) is 2.28. The van der Waals surface area contributed by atoms with Crippen LogP contribution in [0.4, 0.5) is 0 Å². The summed E-state index contributed by atoms with van der Waals surface area (Å²) in [6.45, 7) is 6.21. The molecule has 0 amide bonds. The minimum atomic E-state index is 0.358. The number of rotatable bonds is 2. The number of aryl methyl sites for hydroxylation is 1. The zero-order chi connectivity index (χ0) is 12.4. The molecule has 17 heavy (non-hydrogen) atoms. The number of nitrogens with zero attached hydrogens (tertiary/aromatic N) is 3. The Balaban J connectivity index is 2.58. The first-order valence-corrected chi connectivity index (χ1v) is 5.88. The van der Waals surface area contributed by atoms with Crippen LogP contribution in [0.5, 0.6) is 0 Å². The Morgan fingerprint density at radius 2 is 1.88 bits per heavy atom. The van der Waals surface area contributed by atoms with E-state index in [0.29, 0.717) is 22.2 Å². The predicted octanol–water partition coefficient (Wildman–Crippen LogP) is 3.03. The molecule has 2 heterocycles. The highest BCUT2D eigenvalue weighted by atomic mass is 32.1. The molecule has 88 valence electrons. The molecule has 0 saturated heterocycles. The normalized spacial score (nSPS) is 10.8. The fourth-order valence-electron chi connectivity index (χ4n) is 1.80. The van der Waals surface area contributed by atoms with Gasteiger partial charge in [0.1, 0.15) is 4.64 Å². The van der Waals surface area contributed by atoms with Crippen molar-refractivity contribution in [3.63, 3.8) is 0 Å². The molecule has 0 unspecified atom stereocenters. The number of aromatic amines is 1. The standard InChI is InChI=1S/C12H14N4S/c1-7(2)9-8(3)15-11(16-12(9)17)10-13-5-4-6-14-10/h4-7H,1-3H3,(H,15,16,17). The maximum atomic E-state index is 5.32. The maximum Gasteiger partial charge on any atom is 0.195 e. The number of aromatic nitrogens is 4. The van der Waals surface area contributed by atoms with Gasteiger partial charge in [0.25, 0.3) is 0 Å². The van der Waals surface area contributed by atoms with Gasteiger partial charge < -0.3 is 4.98 Å². The van der Waals surface area contributed by atoms with Crippen LogP contribution < -0.4 is 0 Å². The molecule has 2 aromatic rings. The first-order valence-electron chi connectivity index (χ1n) is 5.47. The van der Waals surface area contributed by atoms with Crippen molar-refractivity contribution in [1.29, 1.82) is 0 Å². The fraction of sp³-hybridized carbons (Fsp3) is 0.333. The molecule has 0 fully saturated rings. The van der Waals surface area contributed by atoms with Crippen molar-refractivity contribution in [2.24, 2.45) is 0 Å². The van der Waals surface area contributed by atoms with Gasteiger partial charge in [0.05, 0.1) is 0 Å². The molecule has 0 atom stereocenters. The van der Waals surface area contributed by atoms with E-state index in [1.807, 2.05) is 6.92 Å². The predicted molar refractivity (Wildman–Crippen MR) is 69.3 cm³/mol. The summed E-state index contributed by atoms with van der Waals surface area (Å²) in [5.41, 5.74) is 2.11. The molecular formula is C12H14N4S. The van der Waals surface area contributed by atoms with Crippen LogP contribution >= 0.6 is 12.2 Å². The van der Waals surface area contributed by atoms with Crippen molar-refractivity contribution in [3.05, 3.63) is 34.4 Å². The molecule has 0 spiro atoms. The molecule has 0 aliphatic carbocycles. The van der Waals surface area contributed by atoms with Crippen LogP contribution in [0.25, 0.3) is 11.6 Å². The summed E-state index contributed by atoms with van der Waals surface area (Å²) in [6.07, 6.45) is 3.37. The van der Waals surface area contributed by atoms with E-state index in [2.05, 4.69) is 33.8 Å². The molecule has 2 aromatic heterocycles. The van der Waals surface area contributed by atoms with Gasteiger partial charge in [0, 0.05) is 23.7 Å². The van der Waals surface area contributed by atoms with Crippen molar-refractivity contribution < 1.29 is 0 Å². The maximum absolute atomic E-state index is 5.32. The molecular weight excluding hydrogens is 232 g/mol. The Morgan fingerprint density at radius 3 is 2.41 bits per heavy atom. The van der Waals surface area contributed by atoms with E-state index in [0.717, 1.165) is 11.3 Å². The Bertz CT molecular complexity index is 575. The molecule has 0 aliphatic heterocycles. The lowest BCUT2D eigenvalue weighted by atomic mass is 10.0. The third kappa shape index (κ3) is 2.39. The van der Waals surface area contributed by atoms with Crippen LogP contribution in [0.3, 0.4) is 0 Å². The summed E-state index contributed by atoms with van der Waals surface area (Å²) < 4.78 is 0.624. The van der Waals surface area contributed by atoms with Crippen molar-refractivity contribution in [2.45, 2.75) is 26.7 Å². The molecule has 0 aliphatic rings. The third-order valence-corrected chi connectivity index (χ3v) is 2.82. The van der Waals surface area contributed by atoms with Crippen LogP contribution in [0.2, 0.25) is 0 Å². The number of hydrogen-bond donors (Lipinski definition) is 1. The van der Waals surface area contributed by atoms with Crippen molar-refractivity contribution in [3.8, 4) is 11.6 Å². The lowest BCUT2D eigenvalue weighted by Gasteiger charge is -2.10. The van der Waals surface area contributed by atoms with Gasteiger partial charge in [-0.3, -0.25) is 0 Å². The van der Waals surface area contributed by atoms with Crippen LogP contribution in [0, 0.1) is 11.6 Å². The first-order chi connectivity index (χ1) is 8.09. The molecule has 0 bridgehead atoms. The largest absolute Gasteiger partial charge is 0.340 e. The summed E-state index contributed by atoms with van der Waals surface area (Å²) >= 11 is 5.32. The summed E-state index contributed by atoms with van der Waals surface area (Å²) in [5, 5.41) is 0. The zero-order valence-electron chi connectivity index (χ0n) is 10.1. The van der Waals surface area contributed by atoms with Crippen molar-refractivity contribution in [2.75, 3.05) is 0 Å². The van der Waals surface area contributed by atoms with Crippen LogP contribution in [-0.2, 0) is 0 Å².